The number of carbonyl (C=O) groups excluding carboxylic acids is 3. The number of hydrogen-bond acceptors (Lipinski definition) is 7. The van der Waals surface area contributed by atoms with Gasteiger partial charge in [-0.05, 0) is 47.1 Å². The van der Waals surface area contributed by atoms with E-state index in [9.17, 15) is 14.4 Å². The van der Waals surface area contributed by atoms with E-state index in [2.05, 4.69) is 0 Å². The van der Waals surface area contributed by atoms with E-state index in [1.165, 1.54) is 11.8 Å². The zero-order chi connectivity index (χ0) is 21.0. The Hall–Kier alpha value is -2.58. The van der Waals surface area contributed by atoms with Gasteiger partial charge in [-0.1, -0.05) is 6.08 Å². The van der Waals surface area contributed by atoms with Crippen molar-refractivity contribution in [3.63, 3.8) is 0 Å². The quantitative estimate of drug-likeness (QED) is 0.257. The fourth-order valence-corrected chi connectivity index (χ4v) is 2.08. The summed E-state index contributed by atoms with van der Waals surface area (Å²) in [6.07, 6.45) is -0.204. The molecule has 0 radical (unpaired) electrons. The second-order valence-electron chi connectivity index (χ2n) is 8.14. The highest BCUT2D eigenvalue weighted by atomic mass is 16.6. The molecule has 9 nitrogen and oxygen atoms in total. The van der Waals surface area contributed by atoms with Crippen LogP contribution in [0.2, 0.25) is 0 Å². The van der Waals surface area contributed by atoms with Gasteiger partial charge in [0.2, 0.25) is 5.96 Å². The van der Waals surface area contributed by atoms with E-state index in [4.69, 9.17) is 19.6 Å². The topological polar surface area (TPSA) is 109 Å². The zero-order valence-electron chi connectivity index (χ0n) is 17.0. The third kappa shape index (κ3) is 7.67. The van der Waals surface area contributed by atoms with E-state index in [0.717, 1.165) is 5.57 Å². The molecule has 1 N–H and O–H groups in total. The lowest BCUT2D eigenvalue weighted by molar-refractivity contribution is -0.140. The molecule has 1 aliphatic rings. The van der Waals surface area contributed by atoms with Crippen molar-refractivity contribution >= 4 is 24.1 Å². The minimum absolute atomic E-state index is 0.0952. The fraction of sp³-hybridized carbons (Fsp3) is 0.667. The smallest absolute Gasteiger partial charge is 0.427 e. The van der Waals surface area contributed by atoms with Crippen LogP contribution in [0.3, 0.4) is 0 Å². The molecule has 0 spiro atoms. The Bertz CT molecular complexity index is 614. The van der Waals surface area contributed by atoms with Crippen molar-refractivity contribution in [1.82, 2.24) is 9.80 Å². The van der Waals surface area contributed by atoms with Crippen molar-refractivity contribution in [2.45, 2.75) is 59.7 Å². The molecule has 1 rings (SSSR count). The number of guanidine groups is 1. The normalized spacial score (nSPS) is 14.3. The van der Waals surface area contributed by atoms with Crippen molar-refractivity contribution in [2.75, 3.05) is 19.7 Å². The second kappa shape index (κ2) is 8.41. The van der Waals surface area contributed by atoms with Crippen LogP contribution in [0.5, 0.6) is 0 Å². The van der Waals surface area contributed by atoms with Crippen molar-refractivity contribution in [3.05, 3.63) is 11.6 Å². The lowest BCUT2D eigenvalue weighted by Gasteiger charge is -2.31. The summed E-state index contributed by atoms with van der Waals surface area (Å²) in [5, 5.41) is 8.34. The first-order valence-electron chi connectivity index (χ1n) is 8.60. The molecule has 0 unspecified atom stereocenters. The Balaban J connectivity index is 2.92. The lowest BCUT2D eigenvalue weighted by Crippen LogP contribution is -2.52. The van der Waals surface area contributed by atoms with E-state index in [-0.39, 0.29) is 25.7 Å². The van der Waals surface area contributed by atoms with Crippen LogP contribution in [-0.4, -0.2) is 64.8 Å². The highest BCUT2D eigenvalue weighted by Gasteiger charge is 2.37. The van der Waals surface area contributed by atoms with Gasteiger partial charge < -0.3 is 19.1 Å². The molecule has 0 aromatic carbocycles. The van der Waals surface area contributed by atoms with Gasteiger partial charge in [0.05, 0.1) is 0 Å². The molecule has 0 aromatic rings. The van der Waals surface area contributed by atoms with Crippen LogP contribution >= 0.6 is 0 Å². The van der Waals surface area contributed by atoms with E-state index < -0.39 is 29.4 Å². The Morgan fingerprint density at radius 1 is 1.07 bits per heavy atom. The van der Waals surface area contributed by atoms with Gasteiger partial charge in [-0.2, -0.15) is 0 Å². The standard InChI is InChI=1S/C18H29N3O6/c1-12(22)25-11-13-8-9-20(10-13)14(19)21(15(23)26-17(2,3)4)16(24)27-18(5,6)7/h8,19H,9-11H2,1-7H3. The molecule has 0 aliphatic carbocycles. The third-order valence-electron chi connectivity index (χ3n) is 3.12. The Kier molecular flexibility index (Phi) is 6.99. The van der Waals surface area contributed by atoms with Crippen LogP contribution in [0, 0.1) is 5.41 Å². The predicted molar refractivity (Wildman–Crippen MR) is 98.3 cm³/mol. The maximum absolute atomic E-state index is 12.5. The molecule has 0 fully saturated rings. The fourth-order valence-electron chi connectivity index (χ4n) is 2.08. The summed E-state index contributed by atoms with van der Waals surface area (Å²) >= 11 is 0. The molecular formula is C18H29N3O6. The van der Waals surface area contributed by atoms with Crippen molar-refractivity contribution in [2.24, 2.45) is 0 Å². The number of ether oxygens (including phenoxy) is 3. The molecular weight excluding hydrogens is 354 g/mol. The Morgan fingerprint density at radius 3 is 1.96 bits per heavy atom. The highest BCUT2D eigenvalue weighted by Crippen LogP contribution is 2.18. The summed E-state index contributed by atoms with van der Waals surface area (Å²) in [5.74, 6) is -0.777. The molecule has 1 aliphatic heterocycles. The molecule has 0 atom stereocenters. The first kappa shape index (κ1) is 22.5. The molecule has 1 heterocycles. The van der Waals surface area contributed by atoms with Crippen LogP contribution in [0.15, 0.2) is 11.6 Å². The van der Waals surface area contributed by atoms with Gasteiger partial charge in [-0.15, -0.1) is 4.90 Å². The van der Waals surface area contributed by atoms with Crippen LogP contribution in [-0.2, 0) is 19.0 Å². The van der Waals surface area contributed by atoms with Crippen LogP contribution in [0.1, 0.15) is 48.5 Å². The van der Waals surface area contributed by atoms with Crippen LogP contribution in [0.25, 0.3) is 0 Å². The second-order valence-corrected chi connectivity index (χ2v) is 8.14. The number of imide groups is 1. The van der Waals surface area contributed by atoms with E-state index in [1.807, 2.05) is 0 Å². The average molecular weight is 383 g/mol. The van der Waals surface area contributed by atoms with Crippen LogP contribution in [0.4, 0.5) is 9.59 Å². The predicted octanol–water partition coefficient (Wildman–Crippen LogP) is 2.90. The number of amides is 2. The minimum atomic E-state index is -0.991. The molecule has 0 aromatic heterocycles. The van der Waals surface area contributed by atoms with E-state index in [1.54, 1.807) is 47.6 Å². The molecule has 152 valence electrons. The summed E-state index contributed by atoms with van der Waals surface area (Å²) in [6.45, 7) is 11.9. The summed E-state index contributed by atoms with van der Waals surface area (Å²) in [6, 6.07) is 0. The maximum atomic E-state index is 12.5. The summed E-state index contributed by atoms with van der Waals surface area (Å²) < 4.78 is 15.4. The first-order valence-corrected chi connectivity index (χ1v) is 8.60. The lowest BCUT2D eigenvalue weighted by atomic mass is 10.2. The minimum Gasteiger partial charge on any atom is -0.461 e. The largest absolute Gasteiger partial charge is 0.461 e. The number of hydrogen-bond donors (Lipinski definition) is 1. The average Bonchev–Trinajstić information content (AvgIpc) is 2.89. The van der Waals surface area contributed by atoms with E-state index >= 15 is 0 Å². The highest BCUT2D eigenvalue weighted by molar-refractivity contribution is 6.07. The molecule has 9 heteroatoms. The van der Waals surface area contributed by atoms with Crippen molar-refractivity contribution < 1.29 is 28.6 Å². The zero-order valence-corrected chi connectivity index (χ0v) is 17.0. The van der Waals surface area contributed by atoms with Gasteiger partial charge in [0.1, 0.15) is 17.8 Å². The molecule has 0 saturated heterocycles. The monoisotopic (exact) mass is 383 g/mol. The third-order valence-corrected chi connectivity index (χ3v) is 3.12. The Morgan fingerprint density at radius 2 is 1.56 bits per heavy atom. The van der Waals surface area contributed by atoms with Gasteiger partial charge in [0.15, 0.2) is 0 Å². The summed E-state index contributed by atoms with van der Waals surface area (Å²) in [7, 11) is 0. The number of rotatable bonds is 2. The van der Waals surface area contributed by atoms with Gasteiger partial charge in [0, 0.05) is 20.0 Å². The van der Waals surface area contributed by atoms with Crippen molar-refractivity contribution in [1.29, 1.82) is 5.41 Å². The number of nitrogens with one attached hydrogen (secondary N) is 1. The molecule has 27 heavy (non-hydrogen) atoms. The van der Waals surface area contributed by atoms with Crippen LogP contribution < -0.4 is 0 Å². The van der Waals surface area contributed by atoms with Crippen molar-refractivity contribution in [3.8, 4) is 0 Å². The van der Waals surface area contributed by atoms with Gasteiger partial charge in [-0.3, -0.25) is 10.2 Å². The number of nitrogens with zero attached hydrogens (tertiary/aromatic N) is 2. The number of esters is 1. The maximum Gasteiger partial charge on any atom is 0.427 e. The molecule has 0 saturated carbocycles. The summed E-state index contributed by atoms with van der Waals surface area (Å²) in [5.41, 5.74) is -0.925. The summed E-state index contributed by atoms with van der Waals surface area (Å²) in [4.78, 5) is 38.0. The van der Waals surface area contributed by atoms with E-state index in [0.29, 0.717) is 4.90 Å². The Labute approximate surface area is 159 Å². The number of carbonyl (C=O) groups is 3. The first-order chi connectivity index (χ1) is 12.2. The van der Waals surface area contributed by atoms with Gasteiger partial charge >= 0.3 is 18.2 Å². The molecule has 2 amide bonds. The molecule has 0 bridgehead atoms. The SMILES string of the molecule is CC(=O)OCC1=CCN(C(=N)N(C(=O)OC(C)(C)C)C(=O)OC(C)(C)C)C1. The van der Waals surface area contributed by atoms with Gasteiger partial charge in [-0.25, -0.2) is 9.59 Å². The van der Waals surface area contributed by atoms with Gasteiger partial charge in [0.25, 0.3) is 0 Å².